The van der Waals surface area contributed by atoms with Crippen molar-refractivity contribution in [3.05, 3.63) is 33.9 Å². The van der Waals surface area contributed by atoms with Crippen LogP contribution in [-0.4, -0.2) is 30.5 Å². The summed E-state index contributed by atoms with van der Waals surface area (Å²) in [7, 11) is 0. The van der Waals surface area contributed by atoms with Crippen molar-refractivity contribution in [2.24, 2.45) is 5.92 Å². The highest BCUT2D eigenvalue weighted by Gasteiger charge is 2.24. The fourth-order valence-electron chi connectivity index (χ4n) is 1.95. The zero-order valence-electron chi connectivity index (χ0n) is 10.6. The lowest BCUT2D eigenvalue weighted by atomic mass is 10.0. The van der Waals surface area contributed by atoms with Crippen molar-refractivity contribution in [3.63, 3.8) is 0 Å². The summed E-state index contributed by atoms with van der Waals surface area (Å²) < 4.78 is 10.4. The molecular weight excluding hydrogens is 250 g/mol. The van der Waals surface area contributed by atoms with E-state index >= 15 is 0 Å². The summed E-state index contributed by atoms with van der Waals surface area (Å²) >= 11 is 0. The van der Waals surface area contributed by atoms with E-state index in [4.69, 9.17) is 9.47 Å². The Morgan fingerprint density at radius 3 is 3.00 bits per heavy atom. The Bertz CT molecular complexity index is 494. The van der Waals surface area contributed by atoms with Crippen LogP contribution in [0.15, 0.2) is 18.2 Å². The standard InChI is InChI=1S/C13H15NO5/c1-9-2-3-13(11(6-9)14(16)17)19-8-12(15)10-4-5-18-7-10/h2-3,6,10H,4-5,7-8H2,1H3. The molecule has 1 atom stereocenters. The number of hydrogen-bond donors (Lipinski definition) is 0. The largest absolute Gasteiger partial charge is 0.479 e. The highest BCUT2D eigenvalue weighted by atomic mass is 16.6. The van der Waals surface area contributed by atoms with Gasteiger partial charge >= 0.3 is 5.69 Å². The molecule has 6 heteroatoms. The second-order valence-corrected chi connectivity index (χ2v) is 4.54. The molecule has 0 aliphatic carbocycles. The lowest BCUT2D eigenvalue weighted by Gasteiger charge is -2.09. The minimum absolute atomic E-state index is 0.0765. The first kappa shape index (κ1) is 13.5. The van der Waals surface area contributed by atoms with Gasteiger partial charge in [-0.2, -0.15) is 0 Å². The minimum atomic E-state index is -0.508. The molecule has 2 rings (SSSR count). The third-order valence-electron chi connectivity index (χ3n) is 3.07. The SMILES string of the molecule is Cc1ccc(OCC(=O)C2CCOC2)c([N+](=O)[O-])c1. The average Bonchev–Trinajstić information content (AvgIpc) is 2.90. The molecule has 0 saturated carbocycles. The van der Waals surface area contributed by atoms with Crippen LogP contribution in [0.4, 0.5) is 5.69 Å². The van der Waals surface area contributed by atoms with Gasteiger partial charge in [0.25, 0.3) is 0 Å². The van der Waals surface area contributed by atoms with Gasteiger partial charge in [-0.25, -0.2) is 0 Å². The Kier molecular flexibility index (Phi) is 4.11. The number of carbonyl (C=O) groups excluding carboxylic acids is 1. The van der Waals surface area contributed by atoms with E-state index in [1.165, 1.54) is 12.1 Å². The highest BCUT2D eigenvalue weighted by molar-refractivity contribution is 5.83. The number of ether oxygens (including phenoxy) is 2. The van der Waals surface area contributed by atoms with E-state index in [1.54, 1.807) is 13.0 Å². The molecule has 0 amide bonds. The molecule has 1 aliphatic rings. The zero-order valence-corrected chi connectivity index (χ0v) is 10.6. The van der Waals surface area contributed by atoms with Crippen LogP contribution in [-0.2, 0) is 9.53 Å². The first-order valence-electron chi connectivity index (χ1n) is 6.06. The van der Waals surface area contributed by atoms with Crippen molar-refractivity contribution in [1.29, 1.82) is 0 Å². The molecule has 0 spiro atoms. The first-order valence-corrected chi connectivity index (χ1v) is 6.06. The molecule has 0 N–H and O–H groups in total. The van der Waals surface area contributed by atoms with Gasteiger partial charge in [0.1, 0.15) is 6.61 Å². The Morgan fingerprint density at radius 1 is 1.58 bits per heavy atom. The molecule has 0 radical (unpaired) electrons. The molecule has 1 saturated heterocycles. The van der Waals surface area contributed by atoms with Gasteiger partial charge in [-0.1, -0.05) is 6.07 Å². The highest BCUT2D eigenvalue weighted by Crippen LogP contribution is 2.28. The molecule has 1 aromatic rings. The van der Waals surface area contributed by atoms with E-state index in [0.717, 1.165) is 5.56 Å². The number of nitro groups is 1. The molecule has 1 fully saturated rings. The lowest BCUT2D eigenvalue weighted by Crippen LogP contribution is -2.21. The number of aryl methyl sites for hydroxylation is 1. The molecule has 19 heavy (non-hydrogen) atoms. The van der Waals surface area contributed by atoms with Crippen molar-refractivity contribution in [3.8, 4) is 5.75 Å². The number of nitro benzene ring substituents is 1. The summed E-state index contributed by atoms with van der Waals surface area (Å²) in [6.07, 6.45) is 0.693. The van der Waals surface area contributed by atoms with E-state index < -0.39 is 4.92 Å². The molecule has 6 nitrogen and oxygen atoms in total. The van der Waals surface area contributed by atoms with Crippen molar-refractivity contribution in [2.45, 2.75) is 13.3 Å². The Labute approximate surface area is 110 Å². The van der Waals surface area contributed by atoms with Crippen LogP contribution in [0.25, 0.3) is 0 Å². The van der Waals surface area contributed by atoms with E-state index in [2.05, 4.69) is 0 Å². The summed E-state index contributed by atoms with van der Waals surface area (Å²) in [5, 5.41) is 10.9. The lowest BCUT2D eigenvalue weighted by molar-refractivity contribution is -0.385. The normalized spacial score (nSPS) is 18.3. The van der Waals surface area contributed by atoms with Crippen molar-refractivity contribution < 1.29 is 19.2 Å². The zero-order chi connectivity index (χ0) is 13.8. The quantitative estimate of drug-likeness (QED) is 0.600. The van der Waals surface area contributed by atoms with Gasteiger partial charge in [-0.3, -0.25) is 14.9 Å². The molecule has 0 aromatic heterocycles. The van der Waals surface area contributed by atoms with E-state index in [0.29, 0.717) is 19.6 Å². The molecule has 1 unspecified atom stereocenters. The van der Waals surface area contributed by atoms with Crippen LogP contribution in [0, 0.1) is 23.0 Å². The van der Waals surface area contributed by atoms with Gasteiger partial charge in [0.2, 0.25) is 0 Å². The summed E-state index contributed by atoms with van der Waals surface area (Å²) in [6, 6.07) is 4.66. The number of hydrogen-bond acceptors (Lipinski definition) is 5. The van der Waals surface area contributed by atoms with Gasteiger partial charge in [0.15, 0.2) is 11.5 Å². The predicted molar refractivity (Wildman–Crippen MR) is 67.3 cm³/mol. The molecule has 1 heterocycles. The summed E-state index contributed by atoms with van der Waals surface area (Å²) in [6.45, 7) is 2.61. The van der Waals surface area contributed by atoms with Gasteiger partial charge in [-0.05, 0) is 25.0 Å². The Balaban J connectivity index is 2.02. The van der Waals surface area contributed by atoms with Crippen LogP contribution >= 0.6 is 0 Å². The van der Waals surface area contributed by atoms with Crippen LogP contribution < -0.4 is 4.74 Å². The van der Waals surface area contributed by atoms with Gasteiger partial charge in [0, 0.05) is 18.6 Å². The summed E-state index contributed by atoms with van der Waals surface area (Å²) in [4.78, 5) is 22.2. The maximum absolute atomic E-state index is 11.8. The maximum Gasteiger partial charge on any atom is 0.311 e. The summed E-state index contributed by atoms with van der Waals surface area (Å²) in [5.41, 5.74) is 0.657. The molecule has 1 aliphatic heterocycles. The predicted octanol–water partition coefficient (Wildman–Crippen LogP) is 1.89. The molecule has 102 valence electrons. The van der Waals surface area contributed by atoms with Crippen molar-refractivity contribution >= 4 is 11.5 Å². The van der Waals surface area contributed by atoms with Crippen LogP contribution in [0.2, 0.25) is 0 Å². The van der Waals surface area contributed by atoms with Gasteiger partial charge < -0.3 is 9.47 Å². The third-order valence-corrected chi connectivity index (χ3v) is 3.07. The number of ketones is 1. The fraction of sp³-hybridized carbons (Fsp3) is 0.462. The van der Waals surface area contributed by atoms with Crippen LogP contribution in [0.5, 0.6) is 5.75 Å². The van der Waals surface area contributed by atoms with E-state index in [9.17, 15) is 14.9 Å². The van der Waals surface area contributed by atoms with Crippen LogP contribution in [0.3, 0.4) is 0 Å². The number of benzene rings is 1. The van der Waals surface area contributed by atoms with Gasteiger partial charge in [-0.15, -0.1) is 0 Å². The first-order chi connectivity index (χ1) is 9.08. The topological polar surface area (TPSA) is 78.7 Å². The number of nitrogens with zero attached hydrogens (tertiary/aromatic N) is 1. The fourth-order valence-corrected chi connectivity index (χ4v) is 1.95. The second kappa shape index (κ2) is 5.79. The van der Waals surface area contributed by atoms with E-state index in [-0.39, 0.29) is 29.7 Å². The van der Waals surface area contributed by atoms with Crippen molar-refractivity contribution in [2.75, 3.05) is 19.8 Å². The minimum Gasteiger partial charge on any atom is -0.479 e. The smallest absolute Gasteiger partial charge is 0.311 e. The monoisotopic (exact) mass is 265 g/mol. The average molecular weight is 265 g/mol. The van der Waals surface area contributed by atoms with Crippen LogP contribution in [0.1, 0.15) is 12.0 Å². The maximum atomic E-state index is 11.8. The number of Topliss-reactive ketones (excluding diaryl/α,β-unsaturated/α-hetero) is 1. The molecular formula is C13H15NO5. The summed E-state index contributed by atoms with van der Waals surface area (Å²) in [5.74, 6) is -0.0975. The Hall–Kier alpha value is -1.95. The van der Waals surface area contributed by atoms with E-state index in [1.807, 2.05) is 0 Å². The van der Waals surface area contributed by atoms with Crippen molar-refractivity contribution in [1.82, 2.24) is 0 Å². The Morgan fingerprint density at radius 2 is 2.37 bits per heavy atom. The van der Waals surface area contributed by atoms with Gasteiger partial charge in [0.05, 0.1) is 11.5 Å². The second-order valence-electron chi connectivity index (χ2n) is 4.54. The molecule has 0 bridgehead atoms. The number of carbonyl (C=O) groups is 1. The third kappa shape index (κ3) is 3.29. The number of rotatable bonds is 5. The molecule has 1 aromatic carbocycles.